The van der Waals surface area contributed by atoms with Gasteiger partial charge in [0.15, 0.2) is 0 Å². The van der Waals surface area contributed by atoms with Crippen LogP contribution in [0.15, 0.2) is 72.9 Å². The van der Waals surface area contributed by atoms with Gasteiger partial charge in [0.05, 0.1) is 12.2 Å². The Morgan fingerprint density at radius 2 is 1.83 bits per heavy atom. The molecule has 5 rings (SSSR count). The number of carbonyl (C=O) groups excluding carboxylic acids is 4. The Bertz CT molecular complexity index is 1800. The van der Waals surface area contributed by atoms with E-state index in [4.69, 9.17) is 15.2 Å². The van der Waals surface area contributed by atoms with Crippen LogP contribution in [-0.2, 0) is 32.0 Å². The number of carbonyl (C=O) groups is 4. The second kappa shape index (κ2) is 13.6. The van der Waals surface area contributed by atoms with E-state index in [0.717, 1.165) is 22.0 Å². The fourth-order valence-corrected chi connectivity index (χ4v) is 5.34. The first-order chi connectivity index (χ1) is 22.3. The van der Waals surface area contributed by atoms with Crippen molar-refractivity contribution in [3.8, 4) is 11.1 Å². The topological polar surface area (TPSA) is 156 Å². The number of H-pyrrole nitrogens is 1. The fraction of sp³-hybridized carbons (Fsp3) is 0.314. The molecule has 1 aromatic heterocycles. The number of alkyl carbamates (subject to hydrolysis) is 1. The number of aromatic amines is 1. The average molecular weight is 644 g/mol. The van der Waals surface area contributed by atoms with Gasteiger partial charge in [0.25, 0.3) is 0 Å². The number of anilines is 1. The molecule has 0 radical (unpaired) electrons. The maximum absolute atomic E-state index is 15.2. The summed E-state index contributed by atoms with van der Waals surface area (Å²) in [6.45, 7) is 6.77. The Morgan fingerprint density at radius 3 is 2.51 bits per heavy atom. The number of hydrogen-bond donors (Lipinski definition) is 4. The van der Waals surface area contributed by atoms with Gasteiger partial charge in [-0.3, -0.25) is 14.5 Å². The predicted octanol–water partition coefficient (Wildman–Crippen LogP) is 4.97. The molecule has 0 spiro atoms. The van der Waals surface area contributed by atoms with Crippen molar-refractivity contribution in [3.05, 3.63) is 89.9 Å². The molecular weight excluding hydrogens is 605 g/mol. The number of cyclic esters (lactones) is 1. The first-order valence-corrected chi connectivity index (χ1v) is 15.2. The fourth-order valence-electron chi connectivity index (χ4n) is 5.34. The first kappa shape index (κ1) is 33.1. The van der Waals surface area contributed by atoms with E-state index in [-0.39, 0.29) is 31.0 Å². The third kappa shape index (κ3) is 7.95. The SMILES string of the molecule is CC(=O)[C@@H](N)[C@H]1CN(c2ccc(-c3ccc(CNC(=O)C(Cc4c[nH]c5ccccc45)NC(=O)OC(C)(C)C)cc3)c(F)c2)C(=O)O1. The van der Waals surface area contributed by atoms with Crippen molar-refractivity contribution in [2.24, 2.45) is 5.73 Å². The van der Waals surface area contributed by atoms with Crippen molar-refractivity contribution in [1.29, 1.82) is 0 Å². The van der Waals surface area contributed by atoms with Crippen LogP contribution in [0.4, 0.5) is 19.7 Å². The summed E-state index contributed by atoms with van der Waals surface area (Å²) in [4.78, 5) is 54.4. The van der Waals surface area contributed by atoms with E-state index in [0.29, 0.717) is 11.1 Å². The molecule has 12 heteroatoms. The Hall–Kier alpha value is -5.23. The van der Waals surface area contributed by atoms with Crippen LogP contribution < -0.4 is 21.3 Å². The summed E-state index contributed by atoms with van der Waals surface area (Å²) < 4.78 is 25.9. The number of Topliss-reactive ketones (excluding diaryl/α,β-unsaturated/α-hetero) is 1. The van der Waals surface area contributed by atoms with Crippen molar-refractivity contribution in [2.45, 2.75) is 64.4 Å². The van der Waals surface area contributed by atoms with Crippen LogP contribution in [-0.4, -0.2) is 59.2 Å². The van der Waals surface area contributed by atoms with Crippen LogP contribution in [0.5, 0.6) is 0 Å². The molecule has 4 aromatic rings. The van der Waals surface area contributed by atoms with Crippen molar-refractivity contribution in [1.82, 2.24) is 15.6 Å². The summed E-state index contributed by atoms with van der Waals surface area (Å²) in [6, 6.07) is 17.2. The number of para-hydroxylation sites is 1. The van der Waals surface area contributed by atoms with Gasteiger partial charge >= 0.3 is 12.2 Å². The second-order valence-electron chi connectivity index (χ2n) is 12.5. The summed E-state index contributed by atoms with van der Waals surface area (Å²) in [5.74, 6) is -1.25. The molecule has 1 aliphatic heterocycles. The number of ether oxygens (including phenoxy) is 2. The number of nitrogens with two attached hydrogens (primary N) is 1. The highest BCUT2D eigenvalue weighted by atomic mass is 19.1. The van der Waals surface area contributed by atoms with Crippen LogP contribution in [0.25, 0.3) is 22.0 Å². The molecule has 246 valence electrons. The minimum atomic E-state index is -0.956. The number of nitrogens with zero attached hydrogens (tertiary/aromatic N) is 1. The molecule has 3 aromatic carbocycles. The average Bonchev–Trinajstić information content (AvgIpc) is 3.61. The molecule has 0 saturated carbocycles. The number of benzene rings is 3. The third-order valence-electron chi connectivity index (χ3n) is 7.81. The number of nitrogens with one attached hydrogen (secondary N) is 3. The minimum absolute atomic E-state index is 0.0364. The molecule has 1 unspecified atom stereocenters. The normalized spacial score (nSPS) is 16.0. The van der Waals surface area contributed by atoms with Gasteiger partial charge in [-0.15, -0.1) is 0 Å². The molecule has 1 aliphatic rings. The first-order valence-electron chi connectivity index (χ1n) is 15.2. The lowest BCUT2D eigenvalue weighted by Gasteiger charge is -2.23. The molecule has 3 amide bonds. The zero-order valence-electron chi connectivity index (χ0n) is 26.6. The number of halogens is 1. The van der Waals surface area contributed by atoms with Crippen LogP contribution in [0.3, 0.4) is 0 Å². The van der Waals surface area contributed by atoms with Crippen molar-refractivity contribution >= 4 is 40.5 Å². The van der Waals surface area contributed by atoms with E-state index >= 15 is 4.39 Å². The highest BCUT2D eigenvalue weighted by molar-refractivity contribution is 5.92. The highest BCUT2D eigenvalue weighted by Crippen LogP contribution is 2.30. The molecule has 1 fully saturated rings. The van der Waals surface area contributed by atoms with E-state index < -0.39 is 47.7 Å². The standard InChI is InChI=1S/C35H38FN5O6/c1-20(42)31(37)30-19-41(34(45)46-30)24-13-14-25(27(36)16-24)22-11-9-21(10-12-22)17-39-32(43)29(40-33(44)47-35(2,3)4)15-23-18-38-28-8-6-5-7-26(23)28/h5-14,16,18,29-31,38H,15,17,19,37H2,1-4H3,(H,39,43)(H,40,44)/t29?,30-,31-/m1/s1. The van der Waals surface area contributed by atoms with Gasteiger partial charge in [-0.1, -0.05) is 42.5 Å². The van der Waals surface area contributed by atoms with Gasteiger partial charge < -0.3 is 30.8 Å². The summed E-state index contributed by atoms with van der Waals surface area (Å²) in [5.41, 5.74) is 8.84. The third-order valence-corrected chi connectivity index (χ3v) is 7.81. The number of ketones is 1. The van der Waals surface area contributed by atoms with E-state index in [1.54, 1.807) is 57.2 Å². The van der Waals surface area contributed by atoms with E-state index in [9.17, 15) is 19.2 Å². The van der Waals surface area contributed by atoms with Crippen molar-refractivity contribution in [3.63, 3.8) is 0 Å². The van der Waals surface area contributed by atoms with Gasteiger partial charge in [0.1, 0.15) is 35.4 Å². The molecule has 5 N–H and O–H groups in total. The van der Waals surface area contributed by atoms with Gasteiger partial charge in [-0.05, 0) is 68.7 Å². The number of amides is 3. The van der Waals surface area contributed by atoms with Gasteiger partial charge in [0.2, 0.25) is 5.91 Å². The van der Waals surface area contributed by atoms with E-state index in [1.165, 1.54) is 17.9 Å². The lowest BCUT2D eigenvalue weighted by Crippen LogP contribution is -2.49. The summed E-state index contributed by atoms with van der Waals surface area (Å²) >= 11 is 0. The summed E-state index contributed by atoms with van der Waals surface area (Å²) in [7, 11) is 0. The smallest absolute Gasteiger partial charge is 0.414 e. The number of rotatable bonds is 10. The lowest BCUT2D eigenvalue weighted by atomic mass is 10.0. The van der Waals surface area contributed by atoms with E-state index in [2.05, 4.69) is 15.6 Å². The molecule has 3 atom stereocenters. The second-order valence-corrected chi connectivity index (χ2v) is 12.5. The lowest BCUT2D eigenvalue weighted by molar-refractivity contribution is -0.123. The van der Waals surface area contributed by atoms with Crippen LogP contribution in [0.1, 0.15) is 38.8 Å². The zero-order valence-corrected chi connectivity index (χ0v) is 26.6. The molecule has 2 heterocycles. The van der Waals surface area contributed by atoms with Crippen molar-refractivity contribution in [2.75, 3.05) is 11.4 Å². The summed E-state index contributed by atoms with van der Waals surface area (Å²) in [5, 5.41) is 6.55. The maximum atomic E-state index is 15.2. The van der Waals surface area contributed by atoms with Crippen LogP contribution in [0, 0.1) is 5.82 Å². The van der Waals surface area contributed by atoms with Crippen LogP contribution >= 0.6 is 0 Å². The van der Waals surface area contributed by atoms with Crippen molar-refractivity contribution < 1.29 is 33.0 Å². The van der Waals surface area contributed by atoms with Gasteiger partial charge in [0, 0.05) is 35.6 Å². The number of aromatic nitrogens is 1. The minimum Gasteiger partial charge on any atom is -0.444 e. The molecule has 0 bridgehead atoms. The molecule has 1 saturated heterocycles. The molecule has 11 nitrogen and oxygen atoms in total. The Kier molecular flexibility index (Phi) is 9.61. The van der Waals surface area contributed by atoms with Crippen LogP contribution in [0.2, 0.25) is 0 Å². The molecule has 0 aliphatic carbocycles. The number of hydrogen-bond acceptors (Lipinski definition) is 7. The number of fused-ring (bicyclic) bond motifs is 1. The molecular formula is C35H38FN5O6. The Morgan fingerprint density at radius 1 is 1.11 bits per heavy atom. The Labute approximate surface area is 271 Å². The molecule has 47 heavy (non-hydrogen) atoms. The predicted molar refractivity (Wildman–Crippen MR) is 175 cm³/mol. The highest BCUT2D eigenvalue weighted by Gasteiger charge is 2.38. The zero-order chi connectivity index (χ0) is 33.9. The van der Waals surface area contributed by atoms with Gasteiger partial charge in [-0.25, -0.2) is 14.0 Å². The quantitative estimate of drug-likeness (QED) is 0.190. The monoisotopic (exact) mass is 643 g/mol. The summed E-state index contributed by atoms with van der Waals surface area (Å²) in [6.07, 6.45) is -0.148. The maximum Gasteiger partial charge on any atom is 0.414 e. The van der Waals surface area contributed by atoms with Gasteiger partial charge in [-0.2, -0.15) is 0 Å². The Balaban J connectivity index is 1.24. The largest absolute Gasteiger partial charge is 0.444 e. The van der Waals surface area contributed by atoms with E-state index in [1.807, 2.05) is 30.5 Å².